The van der Waals surface area contributed by atoms with Gasteiger partial charge in [-0.25, -0.2) is 0 Å². The minimum absolute atomic E-state index is 0.448. The van der Waals surface area contributed by atoms with Gasteiger partial charge < -0.3 is 5.32 Å². The van der Waals surface area contributed by atoms with Crippen LogP contribution in [0.15, 0.2) is 0 Å². The van der Waals surface area contributed by atoms with Gasteiger partial charge in [-0.3, -0.25) is 0 Å². The summed E-state index contributed by atoms with van der Waals surface area (Å²) in [4.78, 5) is 0. The van der Waals surface area contributed by atoms with Crippen molar-refractivity contribution in [3.63, 3.8) is 0 Å². The van der Waals surface area contributed by atoms with Crippen LogP contribution in [0, 0.1) is 11.8 Å². The summed E-state index contributed by atoms with van der Waals surface area (Å²) in [7, 11) is 0.414. The maximum absolute atomic E-state index is 12.7. The molecule has 1 N–H and O–H groups in total. The maximum atomic E-state index is 12.7. The monoisotopic (exact) mass is 303 g/mol. The highest BCUT2D eigenvalue weighted by Gasteiger charge is 2.32. The third-order valence-electron chi connectivity index (χ3n) is 4.68. The van der Waals surface area contributed by atoms with Gasteiger partial charge in [-0.2, -0.15) is 17.0 Å². The first-order chi connectivity index (χ1) is 9.54. The third-order valence-corrected chi connectivity index (χ3v) is 6.61. The summed E-state index contributed by atoms with van der Waals surface area (Å²) in [5.74, 6) is 1.01. The quantitative estimate of drug-likeness (QED) is 0.804. The lowest BCUT2D eigenvalue weighted by atomic mass is 10.00. The van der Waals surface area contributed by atoms with Crippen molar-refractivity contribution in [2.75, 3.05) is 40.3 Å². The highest BCUT2D eigenvalue weighted by molar-refractivity contribution is 7.86. The molecule has 1 heterocycles. The molecule has 2 fully saturated rings. The standard InChI is InChI=1S/C14H29N3O2S/c1-15-10-14-8-5-9-17(12-14)20(18,19)16(2)11-13-6-3-4-7-13/h13-15H,3-12H2,1-2H3. The van der Waals surface area contributed by atoms with E-state index in [-0.39, 0.29) is 0 Å². The Morgan fingerprint density at radius 3 is 2.45 bits per heavy atom. The van der Waals surface area contributed by atoms with Crippen LogP contribution >= 0.6 is 0 Å². The summed E-state index contributed by atoms with van der Waals surface area (Å²) >= 11 is 0. The second kappa shape index (κ2) is 7.20. The Bertz CT molecular complexity index is 391. The van der Waals surface area contributed by atoms with Crippen molar-refractivity contribution in [1.29, 1.82) is 0 Å². The zero-order chi connectivity index (χ0) is 14.6. The molecule has 0 spiro atoms. The van der Waals surface area contributed by atoms with Crippen molar-refractivity contribution in [3.05, 3.63) is 0 Å². The highest BCUT2D eigenvalue weighted by Crippen LogP contribution is 2.27. The van der Waals surface area contributed by atoms with E-state index in [4.69, 9.17) is 0 Å². The Morgan fingerprint density at radius 1 is 1.15 bits per heavy atom. The molecule has 0 bridgehead atoms. The van der Waals surface area contributed by atoms with Crippen molar-refractivity contribution < 1.29 is 8.42 Å². The van der Waals surface area contributed by atoms with Crippen LogP contribution in [0.4, 0.5) is 0 Å². The van der Waals surface area contributed by atoms with Crippen LogP contribution in [0.2, 0.25) is 0 Å². The van der Waals surface area contributed by atoms with Crippen molar-refractivity contribution in [2.45, 2.75) is 38.5 Å². The number of nitrogens with zero attached hydrogens (tertiary/aromatic N) is 2. The van der Waals surface area contributed by atoms with Crippen LogP contribution < -0.4 is 5.32 Å². The van der Waals surface area contributed by atoms with Crippen LogP contribution in [0.3, 0.4) is 0 Å². The van der Waals surface area contributed by atoms with E-state index < -0.39 is 10.2 Å². The largest absolute Gasteiger partial charge is 0.319 e. The van der Waals surface area contributed by atoms with Gasteiger partial charge in [0.05, 0.1) is 0 Å². The summed E-state index contributed by atoms with van der Waals surface area (Å²) < 4.78 is 28.6. The smallest absolute Gasteiger partial charge is 0.281 e. The van der Waals surface area contributed by atoms with Crippen LogP contribution in [0.1, 0.15) is 38.5 Å². The fourth-order valence-electron chi connectivity index (χ4n) is 3.54. The average Bonchev–Trinajstić information content (AvgIpc) is 2.92. The molecule has 0 aromatic heterocycles. The van der Waals surface area contributed by atoms with E-state index in [1.165, 1.54) is 25.7 Å². The lowest BCUT2D eigenvalue weighted by Gasteiger charge is -2.35. The summed E-state index contributed by atoms with van der Waals surface area (Å²) in [5, 5.41) is 3.16. The number of hydrogen-bond acceptors (Lipinski definition) is 3. The molecule has 20 heavy (non-hydrogen) atoms. The first-order valence-electron chi connectivity index (χ1n) is 7.90. The predicted molar refractivity (Wildman–Crippen MR) is 81.7 cm³/mol. The van der Waals surface area contributed by atoms with Crippen LogP contribution in [0.5, 0.6) is 0 Å². The molecule has 1 atom stereocenters. The minimum atomic E-state index is -3.26. The Labute approximate surface area is 123 Å². The van der Waals surface area contributed by atoms with Crippen molar-refractivity contribution >= 4 is 10.2 Å². The Balaban J connectivity index is 1.93. The molecule has 0 amide bonds. The molecule has 0 radical (unpaired) electrons. The number of nitrogens with one attached hydrogen (secondary N) is 1. The number of rotatable bonds is 6. The summed E-state index contributed by atoms with van der Waals surface area (Å²) in [6.45, 7) is 2.93. The van der Waals surface area contributed by atoms with Gasteiger partial charge in [-0.15, -0.1) is 0 Å². The van der Waals surface area contributed by atoms with E-state index in [1.807, 2.05) is 7.05 Å². The van der Waals surface area contributed by atoms with Gasteiger partial charge in [-0.1, -0.05) is 12.8 Å². The van der Waals surface area contributed by atoms with Gasteiger partial charge in [-0.05, 0) is 51.1 Å². The van der Waals surface area contributed by atoms with Crippen LogP contribution in [-0.2, 0) is 10.2 Å². The van der Waals surface area contributed by atoms with Crippen LogP contribution in [0.25, 0.3) is 0 Å². The van der Waals surface area contributed by atoms with Gasteiger partial charge >= 0.3 is 0 Å². The molecule has 1 aliphatic heterocycles. The molecule has 2 rings (SSSR count). The maximum Gasteiger partial charge on any atom is 0.281 e. The lowest BCUT2D eigenvalue weighted by Crippen LogP contribution is -2.48. The molecular weight excluding hydrogens is 274 g/mol. The first-order valence-corrected chi connectivity index (χ1v) is 9.29. The topological polar surface area (TPSA) is 52.7 Å². The SMILES string of the molecule is CNCC1CCCN(S(=O)(=O)N(C)CC2CCCC2)C1. The highest BCUT2D eigenvalue weighted by atomic mass is 32.2. The van der Waals surface area contributed by atoms with E-state index in [9.17, 15) is 8.42 Å². The Hall–Kier alpha value is -0.170. The van der Waals surface area contributed by atoms with E-state index in [0.717, 1.165) is 19.4 Å². The molecule has 1 aliphatic carbocycles. The molecule has 118 valence electrons. The first kappa shape index (κ1) is 16.2. The van der Waals surface area contributed by atoms with Gasteiger partial charge in [0.2, 0.25) is 0 Å². The van der Waals surface area contributed by atoms with Crippen molar-refractivity contribution in [3.8, 4) is 0 Å². The second-order valence-corrected chi connectivity index (χ2v) is 8.40. The molecule has 1 saturated heterocycles. The second-order valence-electron chi connectivity index (χ2n) is 6.36. The van der Waals surface area contributed by atoms with Gasteiger partial charge in [0.1, 0.15) is 0 Å². The Morgan fingerprint density at radius 2 is 1.80 bits per heavy atom. The van der Waals surface area contributed by atoms with Crippen LogP contribution in [-0.4, -0.2) is 57.3 Å². The Kier molecular flexibility index (Phi) is 5.84. The zero-order valence-corrected chi connectivity index (χ0v) is 13.7. The van der Waals surface area contributed by atoms with Crippen molar-refractivity contribution in [1.82, 2.24) is 13.9 Å². The van der Waals surface area contributed by atoms with Crippen molar-refractivity contribution in [2.24, 2.45) is 11.8 Å². The summed E-state index contributed by atoms with van der Waals surface area (Å²) in [5.41, 5.74) is 0. The minimum Gasteiger partial charge on any atom is -0.319 e. The van der Waals surface area contributed by atoms with Gasteiger partial charge in [0, 0.05) is 26.7 Å². The number of piperidine rings is 1. The van der Waals surface area contributed by atoms with E-state index >= 15 is 0 Å². The molecule has 6 heteroatoms. The molecule has 1 saturated carbocycles. The average molecular weight is 303 g/mol. The number of hydrogen-bond donors (Lipinski definition) is 1. The lowest BCUT2D eigenvalue weighted by molar-refractivity contribution is 0.244. The zero-order valence-electron chi connectivity index (χ0n) is 12.8. The summed E-state index contributed by atoms with van der Waals surface area (Å²) in [6.07, 6.45) is 6.98. The molecule has 2 aliphatic rings. The molecule has 1 unspecified atom stereocenters. The van der Waals surface area contributed by atoms with E-state index in [1.54, 1.807) is 15.7 Å². The fourth-order valence-corrected chi connectivity index (χ4v) is 5.09. The van der Waals surface area contributed by atoms with Gasteiger partial charge in [0.25, 0.3) is 10.2 Å². The third kappa shape index (κ3) is 3.93. The summed E-state index contributed by atoms with van der Waals surface area (Å²) in [6, 6.07) is 0. The molecule has 5 nitrogen and oxygen atoms in total. The fraction of sp³-hybridized carbons (Fsp3) is 1.00. The molecule has 0 aromatic carbocycles. The van der Waals surface area contributed by atoms with E-state index in [0.29, 0.717) is 31.5 Å². The molecular formula is C14H29N3O2S. The van der Waals surface area contributed by atoms with E-state index in [2.05, 4.69) is 5.32 Å². The molecule has 0 aromatic rings. The normalized spacial score (nSPS) is 26.4. The predicted octanol–water partition coefficient (Wildman–Crippen LogP) is 1.28. The van der Waals surface area contributed by atoms with Gasteiger partial charge in [0.15, 0.2) is 0 Å².